The van der Waals surface area contributed by atoms with Crippen LogP contribution in [0.5, 0.6) is 0 Å². The van der Waals surface area contributed by atoms with Gasteiger partial charge < -0.3 is 5.11 Å². The highest BCUT2D eigenvalue weighted by Gasteiger charge is 1.82. The highest BCUT2D eigenvalue weighted by atomic mass is 16.4. The number of allylic oxidation sites excluding steroid dienone is 2. The third-order valence-corrected chi connectivity index (χ3v) is 1.44. The first-order valence-electron chi connectivity index (χ1n) is 3.92. The molecule has 0 saturated carbocycles. The summed E-state index contributed by atoms with van der Waals surface area (Å²) in [6.45, 7) is 0. The van der Waals surface area contributed by atoms with Gasteiger partial charge in [-0.15, -0.1) is 0 Å². The molecule has 0 saturated heterocycles. The average molecular weight is 174 g/mol. The van der Waals surface area contributed by atoms with E-state index >= 15 is 0 Å². The number of carboxylic acids is 1. The number of rotatable bonds is 3. The molecule has 0 heterocycles. The Morgan fingerprint density at radius 2 is 1.85 bits per heavy atom. The fraction of sp³-hybridized carbons (Fsp3) is 0. The Kier molecular flexibility index (Phi) is 3.51. The molecule has 0 aromatic heterocycles. The Bertz CT molecular complexity index is 323. The molecule has 1 aromatic rings. The van der Waals surface area contributed by atoms with Gasteiger partial charge in [-0.25, -0.2) is 4.79 Å². The monoisotopic (exact) mass is 174 g/mol. The van der Waals surface area contributed by atoms with E-state index in [0.717, 1.165) is 11.6 Å². The second-order valence-electron chi connectivity index (χ2n) is 2.47. The van der Waals surface area contributed by atoms with Crippen molar-refractivity contribution in [1.82, 2.24) is 0 Å². The number of hydrogen-bond acceptors (Lipinski definition) is 1. The van der Waals surface area contributed by atoms with E-state index in [1.54, 1.807) is 6.08 Å². The van der Waals surface area contributed by atoms with Gasteiger partial charge in [0.15, 0.2) is 0 Å². The first-order valence-corrected chi connectivity index (χ1v) is 3.92. The summed E-state index contributed by atoms with van der Waals surface area (Å²) in [5, 5.41) is 8.29. The molecule has 1 rings (SSSR count). The van der Waals surface area contributed by atoms with Crippen molar-refractivity contribution in [3.05, 3.63) is 54.1 Å². The van der Waals surface area contributed by atoms with Crippen molar-refractivity contribution in [3.63, 3.8) is 0 Å². The Morgan fingerprint density at radius 1 is 1.15 bits per heavy atom. The summed E-state index contributed by atoms with van der Waals surface area (Å²) in [7, 11) is 0. The smallest absolute Gasteiger partial charge is 0.328 e. The van der Waals surface area contributed by atoms with Crippen LogP contribution in [-0.2, 0) is 4.79 Å². The first kappa shape index (κ1) is 9.26. The molecule has 0 fully saturated rings. The van der Waals surface area contributed by atoms with E-state index in [-0.39, 0.29) is 0 Å². The van der Waals surface area contributed by atoms with Crippen LogP contribution in [-0.4, -0.2) is 11.1 Å². The van der Waals surface area contributed by atoms with Gasteiger partial charge in [0, 0.05) is 6.08 Å². The van der Waals surface area contributed by atoms with Gasteiger partial charge in [-0.3, -0.25) is 0 Å². The zero-order chi connectivity index (χ0) is 9.52. The predicted octanol–water partition coefficient (Wildman–Crippen LogP) is 2.34. The molecule has 13 heavy (non-hydrogen) atoms. The van der Waals surface area contributed by atoms with Gasteiger partial charge in [-0.2, -0.15) is 0 Å². The van der Waals surface area contributed by atoms with Crippen molar-refractivity contribution in [2.45, 2.75) is 0 Å². The molecule has 1 N–H and O–H groups in total. The van der Waals surface area contributed by atoms with Gasteiger partial charge in [0.05, 0.1) is 0 Å². The zero-order valence-electron chi connectivity index (χ0n) is 7.05. The Balaban J connectivity index is 2.55. The average Bonchev–Trinajstić information content (AvgIpc) is 2.14. The van der Waals surface area contributed by atoms with E-state index in [1.165, 1.54) is 6.08 Å². The SMILES string of the molecule is O=C(O)C=C/C=C/c1ccccc1. The van der Waals surface area contributed by atoms with E-state index in [1.807, 2.05) is 36.4 Å². The molecule has 0 unspecified atom stereocenters. The second kappa shape index (κ2) is 4.93. The lowest BCUT2D eigenvalue weighted by Gasteiger charge is -1.87. The molecule has 0 aliphatic heterocycles. The lowest BCUT2D eigenvalue weighted by atomic mass is 10.2. The lowest BCUT2D eigenvalue weighted by Crippen LogP contribution is -1.84. The van der Waals surface area contributed by atoms with E-state index in [0.29, 0.717) is 0 Å². The number of carboxylic acid groups (broad SMARTS) is 1. The molecule has 0 atom stereocenters. The minimum Gasteiger partial charge on any atom is -0.478 e. The Hall–Kier alpha value is -1.83. The molecule has 66 valence electrons. The van der Waals surface area contributed by atoms with Crippen LogP contribution in [0.3, 0.4) is 0 Å². The molecule has 0 bridgehead atoms. The number of carbonyl (C=O) groups is 1. The van der Waals surface area contributed by atoms with Crippen molar-refractivity contribution < 1.29 is 9.90 Å². The molecule has 0 spiro atoms. The quantitative estimate of drug-likeness (QED) is 0.564. The molecule has 2 heteroatoms. The van der Waals surface area contributed by atoms with Crippen LogP contribution in [0.25, 0.3) is 6.08 Å². The molecule has 0 aliphatic carbocycles. The van der Waals surface area contributed by atoms with Crippen molar-refractivity contribution in [2.24, 2.45) is 0 Å². The summed E-state index contributed by atoms with van der Waals surface area (Å²) in [6, 6.07) is 9.70. The van der Waals surface area contributed by atoms with E-state index < -0.39 is 5.97 Å². The molecule has 0 aliphatic rings. The summed E-state index contributed by atoms with van der Waals surface area (Å²) in [5.41, 5.74) is 1.05. The molecule has 1 aromatic carbocycles. The second-order valence-corrected chi connectivity index (χ2v) is 2.47. The number of benzene rings is 1. The van der Waals surface area contributed by atoms with Gasteiger partial charge in [0.2, 0.25) is 0 Å². The normalized spacial score (nSPS) is 11.1. The van der Waals surface area contributed by atoms with Gasteiger partial charge in [0.1, 0.15) is 0 Å². The third kappa shape index (κ3) is 3.91. The van der Waals surface area contributed by atoms with Gasteiger partial charge in [0.25, 0.3) is 0 Å². The minimum absolute atomic E-state index is 0.933. The summed E-state index contributed by atoms with van der Waals surface area (Å²) >= 11 is 0. The summed E-state index contributed by atoms with van der Waals surface area (Å²) in [5.74, 6) is -0.933. The summed E-state index contributed by atoms with van der Waals surface area (Å²) in [4.78, 5) is 10.1. The Morgan fingerprint density at radius 3 is 2.46 bits per heavy atom. The van der Waals surface area contributed by atoms with Crippen LogP contribution in [0.2, 0.25) is 0 Å². The van der Waals surface area contributed by atoms with Crippen molar-refractivity contribution in [3.8, 4) is 0 Å². The standard InChI is InChI=1S/C11H10O2/c12-11(13)9-5-4-8-10-6-2-1-3-7-10/h1-9H,(H,12,13)/b8-4+,9-5?. The fourth-order valence-electron chi connectivity index (χ4n) is 0.869. The molecular formula is C11H10O2. The predicted molar refractivity (Wildman–Crippen MR) is 52.3 cm³/mol. The van der Waals surface area contributed by atoms with Gasteiger partial charge in [-0.05, 0) is 5.56 Å². The number of aliphatic carboxylic acids is 1. The molecular weight excluding hydrogens is 164 g/mol. The molecule has 0 radical (unpaired) electrons. The van der Waals surface area contributed by atoms with Crippen LogP contribution in [0.1, 0.15) is 5.56 Å². The summed E-state index contributed by atoms with van der Waals surface area (Å²) in [6.07, 6.45) is 6.14. The highest BCUT2D eigenvalue weighted by Crippen LogP contribution is 2.00. The first-order chi connectivity index (χ1) is 6.29. The topological polar surface area (TPSA) is 37.3 Å². The maximum absolute atomic E-state index is 10.1. The van der Waals surface area contributed by atoms with E-state index in [4.69, 9.17) is 5.11 Å². The summed E-state index contributed by atoms with van der Waals surface area (Å²) < 4.78 is 0. The molecule has 0 amide bonds. The van der Waals surface area contributed by atoms with Crippen LogP contribution in [0.15, 0.2) is 48.6 Å². The minimum atomic E-state index is -0.933. The maximum atomic E-state index is 10.1. The fourth-order valence-corrected chi connectivity index (χ4v) is 0.869. The largest absolute Gasteiger partial charge is 0.478 e. The Labute approximate surface area is 76.8 Å². The van der Waals surface area contributed by atoms with Crippen LogP contribution in [0, 0.1) is 0 Å². The van der Waals surface area contributed by atoms with Crippen LogP contribution < -0.4 is 0 Å². The van der Waals surface area contributed by atoms with E-state index in [2.05, 4.69) is 0 Å². The van der Waals surface area contributed by atoms with Crippen LogP contribution in [0.4, 0.5) is 0 Å². The van der Waals surface area contributed by atoms with Gasteiger partial charge >= 0.3 is 5.97 Å². The van der Waals surface area contributed by atoms with Crippen molar-refractivity contribution in [2.75, 3.05) is 0 Å². The van der Waals surface area contributed by atoms with E-state index in [9.17, 15) is 4.79 Å². The highest BCUT2D eigenvalue weighted by molar-refractivity contribution is 5.80. The van der Waals surface area contributed by atoms with Crippen molar-refractivity contribution >= 4 is 12.0 Å². The third-order valence-electron chi connectivity index (χ3n) is 1.44. The maximum Gasteiger partial charge on any atom is 0.328 e. The van der Waals surface area contributed by atoms with Crippen molar-refractivity contribution in [1.29, 1.82) is 0 Å². The zero-order valence-corrected chi connectivity index (χ0v) is 7.05. The molecule has 2 nitrogen and oxygen atoms in total. The number of hydrogen-bond donors (Lipinski definition) is 1. The lowest BCUT2D eigenvalue weighted by molar-refractivity contribution is -0.131. The van der Waals surface area contributed by atoms with Crippen LogP contribution >= 0.6 is 0 Å². The van der Waals surface area contributed by atoms with Gasteiger partial charge in [-0.1, -0.05) is 48.6 Å².